The molecule has 88 valence electrons. The summed E-state index contributed by atoms with van der Waals surface area (Å²) in [4.78, 5) is 10.9. The second-order valence-electron chi connectivity index (χ2n) is 5.09. The number of rotatable bonds is 2. The fourth-order valence-electron chi connectivity index (χ4n) is 1.69. The van der Waals surface area contributed by atoms with E-state index >= 15 is 0 Å². The first kappa shape index (κ1) is 13.0. The summed E-state index contributed by atoms with van der Waals surface area (Å²) in [6, 6.07) is 3.65. The molecule has 1 aromatic carbocycles. The zero-order valence-electron chi connectivity index (χ0n) is 10.1. The van der Waals surface area contributed by atoms with Gasteiger partial charge in [-0.2, -0.15) is 0 Å². The molecule has 0 spiro atoms. The van der Waals surface area contributed by atoms with Gasteiger partial charge in [-0.05, 0) is 40.6 Å². The molecule has 1 rings (SSSR count). The van der Waals surface area contributed by atoms with Gasteiger partial charge < -0.3 is 5.11 Å². The van der Waals surface area contributed by atoms with Crippen LogP contribution in [0.4, 0.5) is 0 Å². The average molecular weight is 241 g/mol. The Hall–Kier alpha value is -1.02. The van der Waals surface area contributed by atoms with Crippen LogP contribution in [0.1, 0.15) is 37.5 Å². The van der Waals surface area contributed by atoms with Crippen LogP contribution >= 0.6 is 11.6 Å². The highest BCUT2D eigenvalue weighted by Gasteiger charge is 2.20. The third kappa shape index (κ3) is 2.99. The Labute approximate surface area is 101 Å². The predicted octanol–water partition coefficient (Wildman–Crippen LogP) is 3.31. The first-order chi connectivity index (χ1) is 7.21. The van der Waals surface area contributed by atoms with Gasteiger partial charge in [-0.1, -0.05) is 32.9 Å². The molecule has 0 heterocycles. The van der Waals surface area contributed by atoms with Crippen LogP contribution in [0.25, 0.3) is 0 Å². The molecule has 0 bridgehead atoms. The first-order valence-electron chi connectivity index (χ1n) is 5.23. The van der Waals surface area contributed by atoms with Gasteiger partial charge in [-0.15, -0.1) is 0 Å². The fourth-order valence-corrected chi connectivity index (χ4v) is 1.84. The van der Waals surface area contributed by atoms with Crippen LogP contribution in [-0.4, -0.2) is 10.3 Å². The van der Waals surface area contributed by atoms with E-state index in [1.54, 1.807) is 6.07 Å². The second-order valence-corrected chi connectivity index (χ2v) is 5.51. The number of phenols is 1. The summed E-state index contributed by atoms with van der Waals surface area (Å²) in [7, 11) is 0. The Balaban J connectivity index is 3.28. The standard InChI is InChI=1S/C13H17ClO2/c1-8-5-9(7-11(14)15)6-10(12(8)16)13(2,3)4/h5-6,16H,7H2,1-4H3. The minimum Gasteiger partial charge on any atom is -0.507 e. The van der Waals surface area contributed by atoms with E-state index < -0.39 is 0 Å². The third-order valence-electron chi connectivity index (χ3n) is 2.51. The maximum atomic E-state index is 10.9. The largest absolute Gasteiger partial charge is 0.507 e. The van der Waals surface area contributed by atoms with Crippen LogP contribution < -0.4 is 0 Å². The van der Waals surface area contributed by atoms with Crippen molar-refractivity contribution in [1.82, 2.24) is 0 Å². The van der Waals surface area contributed by atoms with Gasteiger partial charge >= 0.3 is 0 Å². The van der Waals surface area contributed by atoms with Crippen LogP contribution in [0, 0.1) is 6.92 Å². The molecule has 0 radical (unpaired) electrons. The van der Waals surface area contributed by atoms with Crippen molar-refractivity contribution in [3.63, 3.8) is 0 Å². The van der Waals surface area contributed by atoms with Gasteiger partial charge in [-0.25, -0.2) is 0 Å². The van der Waals surface area contributed by atoms with Gasteiger partial charge in [0.15, 0.2) is 0 Å². The lowest BCUT2D eigenvalue weighted by Crippen LogP contribution is -2.13. The quantitative estimate of drug-likeness (QED) is 0.806. The Kier molecular flexibility index (Phi) is 3.64. The van der Waals surface area contributed by atoms with E-state index in [9.17, 15) is 9.90 Å². The average Bonchev–Trinajstić information content (AvgIpc) is 2.08. The van der Waals surface area contributed by atoms with Crippen molar-refractivity contribution >= 4 is 16.8 Å². The van der Waals surface area contributed by atoms with E-state index in [1.165, 1.54) is 0 Å². The van der Waals surface area contributed by atoms with Crippen LogP contribution in [0.3, 0.4) is 0 Å². The monoisotopic (exact) mass is 240 g/mol. The number of phenolic OH excluding ortho intramolecular Hbond substituents is 1. The minimum absolute atomic E-state index is 0.153. The van der Waals surface area contributed by atoms with Gasteiger partial charge in [0.2, 0.25) is 5.24 Å². The van der Waals surface area contributed by atoms with Gasteiger partial charge in [0.25, 0.3) is 0 Å². The molecule has 0 aliphatic rings. The van der Waals surface area contributed by atoms with E-state index in [0.29, 0.717) is 5.75 Å². The van der Waals surface area contributed by atoms with E-state index in [1.807, 2.05) is 33.8 Å². The van der Waals surface area contributed by atoms with E-state index in [0.717, 1.165) is 16.7 Å². The molecule has 0 saturated carbocycles. The van der Waals surface area contributed by atoms with Gasteiger partial charge in [-0.3, -0.25) is 4.79 Å². The van der Waals surface area contributed by atoms with Crippen molar-refractivity contribution < 1.29 is 9.90 Å². The number of aryl methyl sites for hydroxylation is 1. The van der Waals surface area contributed by atoms with Crippen molar-refractivity contribution in [1.29, 1.82) is 0 Å². The summed E-state index contributed by atoms with van der Waals surface area (Å²) in [5, 5.41) is 9.59. The maximum absolute atomic E-state index is 10.9. The molecule has 1 aromatic rings. The third-order valence-corrected chi connectivity index (χ3v) is 2.65. The summed E-state index contributed by atoms with van der Waals surface area (Å²) in [5.74, 6) is 0.304. The van der Waals surface area contributed by atoms with Gasteiger partial charge in [0, 0.05) is 6.42 Å². The van der Waals surface area contributed by atoms with Crippen LogP contribution in [0.5, 0.6) is 5.75 Å². The Morgan fingerprint density at radius 3 is 2.38 bits per heavy atom. The Bertz CT molecular complexity index is 417. The molecule has 0 atom stereocenters. The van der Waals surface area contributed by atoms with E-state index in [2.05, 4.69) is 0 Å². The number of aromatic hydroxyl groups is 1. The molecule has 0 unspecified atom stereocenters. The highest BCUT2D eigenvalue weighted by atomic mass is 35.5. The molecule has 0 aliphatic heterocycles. The number of halogens is 1. The molecule has 3 heteroatoms. The van der Waals surface area contributed by atoms with E-state index in [-0.39, 0.29) is 17.1 Å². The van der Waals surface area contributed by atoms with Crippen LogP contribution in [-0.2, 0) is 16.6 Å². The molecule has 0 saturated heterocycles. The first-order valence-corrected chi connectivity index (χ1v) is 5.61. The minimum atomic E-state index is -0.384. The smallest absolute Gasteiger partial charge is 0.226 e. The van der Waals surface area contributed by atoms with Crippen molar-refractivity contribution in [2.45, 2.75) is 39.5 Å². The molecule has 16 heavy (non-hydrogen) atoms. The highest BCUT2D eigenvalue weighted by molar-refractivity contribution is 6.63. The summed E-state index contributed by atoms with van der Waals surface area (Å²) in [6.07, 6.45) is 0.200. The molecule has 2 nitrogen and oxygen atoms in total. The lowest BCUT2D eigenvalue weighted by Gasteiger charge is -2.22. The number of hydrogen-bond donors (Lipinski definition) is 1. The number of carbonyl (C=O) groups is 1. The second kappa shape index (κ2) is 4.46. The van der Waals surface area contributed by atoms with Crippen molar-refractivity contribution in [2.24, 2.45) is 0 Å². The normalized spacial score (nSPS) is 11.6. The fraction of sp³-hybridized carbons (Fsp3) is 0.462. The molecule has 1 N–H and O–H groups in total. The lowest BCUT2D eigenvalue weighted by atomic mass is 9.84. The summed E-state index contributed by atoms with van der Waals surface area (Å²) in [6.45, 7) is 7.89. The number of hydrogen-bond acceptors (Lipinski definition) is 2. The summed E-state index contributed by atoms with van der Waals surface area (Å²) < 4.78 is 0. The highest BCUT2D eigenvalue weighted by Crippen LogP contribution is 2.34. The lowest BCUT2D eigenvalue weighted by molar-refractivity contribution is -0.111. The molecule has 0 fully saturated rings. The molecule has 0 amide bonds. The number of carbonyl (C=O) groups excluding carboxylic acids is 1. The van der Waals surface area contributed by atoms with Crippen molar-refractivity contribution in [2.75, 3.05) is 0 Å². The van der Waals surface area contributed by atoms with Crippen molar-refractivity contribution in [3.05, 3.63) is 28.8 Å². The molecule has 0 aliphatic carbocycles. The van der Waals surface area contributed by atoms with Gasteiger partial charge in [0.1, 0.15) is 5.75 Å². The van der Waals surface area contributed by atoms with Crippen LogP contribution in [0.2, 0.25) is 0 Å². The van der Waals surface area contributed by atoms with Gasteiger partial charge in [0.05, 0.1) is 0 Å². The van der Waals surface area contributed by atoms with Crippen LogP contribution in [0.15, 0.2) is 12.1 Å². The zero-order chi connectivity index (χ0) is 12.5. The predicted molar refractivity (Wildman–Crippen MR) is 66.1 cm³/mol. The van der Waals surface area contributed by atoms with E-state index in [4.69, 9.17) is 11.6 Å². The molecular weight excluding hydrogens is 224 g/mol. The van der Waals surface area contributed by atoms with Crippen molar-refractivity contribution in [3.8, 4) is 5.75 Å². The Morgan fingerprint density at radius 1 is 1.38 bits per heavy atom. The molecule has 0 aromatic heterocycles. The summed E-state index contributed by atoms with van der Waals surface area (Å²) >= 11 is 5.37. The Morgan fingerprint density at radius 2 is 1.94 bits per heavy atom. The zero-order valence-corrected chi connectivity index (χ0v) is 10.9. The summed E-state index contributed by atoms with van der Waals surface area (Å²) in [5.41, 5.74) is 2.32. The maximum Gasteiger partial charge on any atom is 0.226 e. The number of benzene rings is 1. The SMILES string of the molecule is Cc1cc(CC(=O)Cl)cc(C(C)(C)C)c1O. The molecular formula is C13H17ClO2. The topological polar surface area (TPSA) is 37.3 Å².